The van der Waals surface area contributed by atoms with Crippen molar-refractivity contribution in [2.24, 2.45) is 10.1 Å². The molecule has 0 aliphatic rings. The molecule has 0 saturated heterocycles. The van der Waals surface area contributed by atoms with Crippen LogP contribution in [0.2, 0.25) is 0 Å². The summed E-state index contributed by atoms with van der Waals surface area (Å²) < 4.78 is 8.88. The van der Waals surface area contributed by atoms with Crippen molar-refractivity contribution in [1.82, 2.24) is 9.66 Å². The van der Waals surface area contributed by atoms with Crippen LogP contribution in [0.15, 0.2) is 103 Å². The molecule has 146 valence electrons. The van der Waals surface area contributed by atoms with Crippen LogP contribution in [0, 0.1) is 0 Å². The molecule has 0 fully saturated rings. The predicted octanol–water partition coefficient (Wildman–Crippen LogP) is 6.23. The van der Waals surface area contributed by atoms with Crippen molar-refractivity contribution in [3.8, 4) is 11.5 Å². The largest absolute Gasteiger partial charge is 0.454 e. The summed E-state index contributed by atoms with van der Waals surface area (Å²) in [6.07, 6.45) is 5.27. The van der Waals surface area contributed by atoms with Gasteiger partial charge in [-0.3, -0.25) is 4.98 Å². The van der Waals surface area contributed by atoms with E-state index in [0.717, 1.165) is 42.9 Å². The molecule has 3 aromatic heterocycles. The van der Waals surface area contributed by atoms with Gasteiger partial charge in [0.15, 0.2) is 5.76 Å². The summed E-state index contributed by atoms with van der Waals surface area (Å²) in [4.78, 5) is 9.60. The van der Waals surface area contributed by atoms with Crippen molar-refractivity contribution < 1.29 is 4.42 Å². The SMILES string of the molecule is Brc1cccc(C=Nn2c(-c3cc4ccccc4o3)csc2=Nc2cccnc2)c1. The third kappa shape index (κ3) is 3.90. The number of hydrogen-bond donors (Lipinski definition) is 0. The first-order valence-electron chi connectivity index (χ1n) is 9.20. The first-order chi connectivity index (χ1) is 14.8. The molecule has 0 aliphatic heterocycles. The minimum absolute atomic E-state index is 0.727. The fourth-order valence-corrected chi connectivity index (χ4v) is 4.26. The summed E-state index contributed by atoms with van der Waals surface area (Å²) in [6, 6.07) is 21.7. The molecule has 0 atom stereocenters. The highest BCUT2D eigenvalue weighted by atomic mass is 79.9. The molecule has 5 rings (SSSR count). The quantitative estimate of drug-likeness (QED) is 0.289. The number of pyridine rings is 1. The van der Waals surface area contributed by atoms with Gasteiger partial charge in [-0.15, -0.1) is 11.3 Å². The molecule has 0 saturated carbocycles. The Labute approximate surface area is 184 Å². The number of nitrogens with zero attached hydrogens (tertiary/aromatic N) is 4. The van der Waals surface area contributed by atoms with E-state index in [4.69, 9.17) is 14.5 Å². The van der Waals surface area contributed by atoms with Gasteiger partial charge in [0, 0.05) is 21.4 Å². The van der Waals surface area contributed by atoms with Gasteiger partial charge in [0.25, 0.3) is 0 Å². The second kappa shape index (κ2) is 8.22. The Kier molecular flexibility index (Phi) is 5.13. The topological polar surface area (TPSA) is 55.7 Å². The number of rotatable bonds is 4. The summed E-state index contributed by atoms with van der Waals surface area (Å²) in [6.45, 7) is 0. The monoisotopic (exact) mass is 474 g/mol. The van der Waals surface area contributed by atoms with E-state index in [1.54, 1.807) is 17.1 Å². The van der Waals surface area contributed by atoms with E-state index in [-0.39, 0.29) is 0 Å². The fourth-order valence-electron chi connectivity index (χ4n) is 3.01. The van der Waals surface area contributed by atoms with E-state index in [9.17, 15) is 0 Å². The third-order valence-corrected chi connectivity index (χ3v) is 5.71. The van der Waals surface area contributed by atoms with Gasteiger partial charge in [0.1, 0.15) is 11.3 Å². The molecule has 0 amide bonds. The van der Waals surface area contributed by atoms with Gasteiger partial charge in [-0.1, -0.05) is 46.3 Å². The molecule has 3 heterocycles. The number of furan rings is 1. The van der Waals surface area contributed by atoms with E-state index in [2.05, 4.69) is 20.9 Å². The summed E-state index contributed by atoms with van der Waals surface area (Å²) >= 11 is 5.00. The van der Waals surface area contributed by atoms with E-state index in [0.29, 0.717) is 0 Å². The third-order valence-electron chi connectivity index (χ3n) is 4.40. The van der Waals surface area contributed by atoms with Crippen LogP contribution in [0.1, 0.15) is 5.56 Å². The zero-order valence-electron chi connectivity index (χ0n) is 15.6. The van der Waals surface area contributed by atoms with E-state index in [1.165, 1.54) is 11.3 Å². The highest BCUT2D eigenvalue weighted by Crippen LogP contribution is 2.28. The maximum absolute atomic E-state index is 6.08. The molecule has 5 aromatic rings. The molecule has 0 aliphatic carbocycles. The second-order valence-corrected chi connectivity index (χ2v) is 8.24. The molecule has 0 radical (unpaired) electrons. The Balaban J connectivity index is 1.66. The van der Waals surface area contributed by atoms with Crippen molar-refractivity contribution in [2.45, 2.75) is 0 Å². The number of para-hydroxylation sites is 1. The minimum atomic E-state index is 0.727. The van der Waals surface area contributed by atoms with Crippen LogP contribution in [-0.4, -0.2) is 15.9 Å². The Hall–Kier alpha value is -3.29. The van der Waals surface area contributed by atoms with Crippen molar-refractivity contribution in [3.63, 3.8) is 0 Å². The van der Waals surface area contributed by atoms with Gasteiger partial charge >= 0.3 is 0 Å². The highest BCUT2D eigenvalue weighted by Gasteiger charge is 2.13. The van der Waals surface area contributed by atoms with Crippen molar-refractivity contribution in [2.75, 3.05) is 0 Å². The van der Waals surface area contributed by atoms with E-state index >= 15 is 0 Å². The molecule has 0 spiro atoms. The van der Waals surface area contributed by atoms with Gasteiger partial charge in [0.2, 0.25) is 4.80 Å². The predicted molar refractivity (Wildman–Crippen MR) is 124 cm³/mol. The lowest BCUT2D eigenvalue weighted by Gasteiger charge is -2.01. The lowest BCUT2D eigenvalue weighted by molar-refractivity contribution is 0.622. The minimum Gasteiger partial charge on any atom is -0.454 e. The summed E-state index contributed by atoms with van der Waals surface area (Å²) in [5.74, 6) is 0.742. The van der Waals surface area contributed by atoms with Crippen LogP contribution in [0.4, 0.5) is 5.69 Å². The maximum Gasteiger partial charge on any atom is 0.211 e. The number of hydrogen-bond acceptors (Lipinski definition) is 5. The zero-order valence-corrected chi connectivity index (χ0v) is 18.0. The molecular weight excluding hydrogens is 460 g/mol. The maximum atomic E-state index is 6.08. The zero-order chi connectivity index (χ0) is 20.3. The molecule has 5 nitrogen and oxygen atoms in total. The number of thiazole rings is 1. The second-order valence-electron chi connectivity index (χ2n) is 6.49. The average Bonchev–Trinajstić information content (AvgIpc) is 3.37. The first kappa shape index (κ1) is 18.7. The van der Waals surface area contributed by atoms with Crippen LogP contribution in [0.3, 0.4) is 0 Å². The Bertz CT molecular complexity index is 1380. The number of aromatic nitrogens is 2. The highest BCUT2D eigenvalue weighted by molar-refractivity contribution is 9.10. The van der Waals surface area contributed by atoms with Gasteiger partial charge in [0.05, 0.1) is 18.1 Å². The molecule has 0 N–H and O–H groups in total. The van der Waals surface area contributed by atoms with Crippen LogP contribution < -0.4 is 4.80 Å². The van der Waals surface area contributed by atoms with Gasteiger partial charge in [-0.25, -0.2) is 9.67 Å². The summed E-state index contributed by atoms with van der Waals surface area (Å²) in [5, 5.41) is 7.78. The normalized spacial score (nSPS) is 12.2. The summed E-state index contributed by atoms with van der Waals surface area (Å²) in [5.41, 5.74) is 3.42. The van der Waals surface area contributed by atoms with Crippen LogP contribution >= 0.6 is 27.3 Å². The van der Waals surface area contributed by atoms with Crippen LogP contribution in [0.25, 0.3) is 22.4 Å². The van der Waals surface area contributed by atoms with Gasteiger partial charge in [-0.05, 0) is 42.0 Å². The molecule has 0 bridgehead atoms. The van der Waals surface area contributed by atoms with E-state index in [1.807, 2.05) is 78.3 Å². The number of fused-ring (bicyclic) bond motifs is 1. The van der Waals surface area contributed by atoms with Crippen molar-refractivity contribution in [3.05, 3.63) is 99.3 Å². The Morgan fingerprint density at radius 3 is 2.80 bits per heavy atom. The molecule has 7 heteroatoms. The number of halogens is 1. The average molecular weight is 475 g/mol. The van der Waals surface area contributed by atoms with E-state index < -0.39 is 0 Å². The van der Waals surface area contributed by atoms with Crippen molar-refractivity contribution >= 4 is 50.1 Å². The summed E-state index contributed by atoms with van der Waals surface area (Å²) in [7, 11) is 0. The lowest BCUT2D eigenvalue weighted by Crippen LogP contribution is -2.11. The standard InChI is InChI=1S/C23H15BrN4OS/c24-18-7-3-5-16(11-18)13-26-28-20(22-12-17-6-1-2-9-21(17)29-22)15-30-23(28)27-19-8-4-10-25-14-19/h1-15H. The lowest BCUT2D eigenvalue weighted by atomic mass is 10.2. The Morgan fingerprint density at radius 1 is 1.03 bits per heavy atom. The van der Waals surface area contributed by atoms with Crippen LogP contribution in [-0.2, 0) is 0 Å². The number of benzene rings is 2. The van der Waals surface area contributed by atoms with Crippen molar-refractivity contribution in [1.29, 1.82) is 0 Å². The first-order valence-corrected chi connectivity index (χ1v) is 10.9. The molecular formula is C23H15BrN4OS. The Morgan fingerprint density at radius 2 is 1.97 bits per heavy atom. The molecule has 0 unspecified atom stereocenters. The van der Waals surface area contributed by atoms with Crippen LogP contribution in [0.5, 0.6) is 0 Å². The molecule has 2 aromatic carbocycles. The fraction of sp³-hybridized carbons (Fsp3) is 0. The smallest absolute Gasteiger partial charge is 0.211 e. The molecule has 30 heavy (non-hydrogen) atoms. The van der Waals surface area contributed by atoms with Gasteiger partial charge in [-0.2, -0.15) is 5.10 Å². The van der Waals surface area contributed by atoms with Gasteiger partial charge < -0.3 is 4.42 Å².